The molecule has 28 heavy (non-hydrogen) atoms. The fraction of sp³-hybridized carbons (Fsp3) is 0.250. The van der Waals surface area contributed by atoms with Crippen LogP contribution in [-0.2, 0) is 6.42 Å². The molecule has 142 valence electrons. The Hall–Kier alpha value is -3.55. The third-order valence-corrected chi connectivity index (χ3v) is 4.44. The van der Waals surface area contributed by atoms with Crippen LogP contribution in [0.2, 0.25) is 0 Å². The van der Waals surface area contributed by atoms with Gasteiger partial charge in [0.25, 0.3) is 0 Å². The summed E-state index contributed by atoms with van der Waals surface area (Å²) in [5.74, 6) is 1.51. The number of aromatic hydroxyl groups is 1. The normalized spacial score (nSPS) is 11.2. The molecule has 0 spiro atoms. The summed E-state index contributed by atoms with van der Waals surface area (Å²) in [5.41, 5.74) is 3.39. The fourth-order valence-electron chi connectivity index (χ4n) is 2.95. The van der Waals surface area contributed by atoms with E-state index in [2.05, 4.69) is 39.1 Å². The van der Waals surface area contributed by atoms with Gasteiger partial charge in [0.2, 0.25) is 0 Å². The van der Waals surface area contributed by atoms with Crippen molar-refractivity contribution < 1.29 is 5.11 Å². The molecule has 0 atom stereocenters. The van der Waals surface area contributed by atoms with Crippen LogP contribution in [0, 0.1) is 0 Å². The van der Waals surface area contributed by atoms with Crippen LogP contribution >= 0.6 is 0 Å². The molecule has 4 rings (SSSR count). The SMILES string of the molecule is CC(C)n1cnc2c(NCCc3ccc(O)cc3)nc(-c3cncnc3)nc21. The molecular weight excluding hydrogens is 354 g/mol. The molecule has 0 unspecified atom stereocenters. The minimum atomic E-state index is 0.226. The summed E-state index contributed by atoms with van der Waals surface area (Å²) in [6, 6.07) is 7.43. The Kier molecular flexibility index (Phi) is 4.84. The van der Waals surface area contributed by atoms with Gasteiger partial charge in [0.15, 0.2) is 17.3 Å². The first-order valence-corrected chi connectivity index (χ1v) is 9.13. The molecule has 0 fully saturated rings. The molecule has 0 saturated heterocycles. The summed E-state index contributed by atoms with van der Waals surface area (Å²) >= 11 is 0. The second-order valence-electron chi connectivity index (χ2n) is 6.78. The van der Waals surface area contributed by atoms with Gasteiger partial charge in [-0.25, -0.2) is 24.9 Å². The number of hydrogen-bond donors (Lipinski definition) is 2. The van der Waals surface area contributed by atoms with Gasteiger partial charge >= 0.3 is 0 Å². The van der Waals surface area contributed by atoms with Crippen molar-refractivity contribution in [3.05, 3.63) is 54.9 Å². The Morgan fingerprint density at radius 2 is 1.82 bits per heavy atom. The second-order valence-corrected chi connectivity index (χ2v) is 6.78. The van der Waals surface area contributed by atoms with Crippen LogP contribution in [0.3, 0.4) is 0 Å². The van der Waals surface area contributed by atoms with Crippen molar-refractivity contribution in [2.75, 3.05) is 11.9 Å². The average molecular weight is 375 g/mol. The first-order chi connectivity index (χ1) is 13.6. The van der Waals surface area contributed by atoms with Crippen molar-refractivity contribution >= 4 is 17.0 Å². The minimum Gasteiger partial charge on any atom is -0.508 e. The lowest BCUT2D eigenvalue weighted by atomic mass is 10.1. The predicted octanol–water partition coefficient (Wildman–Crippen LogP) is 3.22. The first kappa shape index (κ1) is 17.8. The molecule has 3 aromatic heterocycles. The van der Waals surface area contributed by atoms with Crippen molar-refractivity contribution in [2.24, 2.45) is 0 Å². The van der Waals surface area contributed by atoms with Crippen molar-refractivity contribution in [3.63, 3.8) is 0 Å². The lowest BCUT2D eigenvalue weighted by molar-refractivity contribution is 0.475. The van der Waals surface area contributed by atoms with E-state index in [-0.39, 0.29) is 11.8 Å². The van der Waals surface area contributed by atoms with Crippen LogP contribution in [0.1, 0.15) is 25.5 Å². The Labute approximate surface area is 162 Å². The summed E-state index contributed by atoms with van der Waals surface area (Å²) < 4.78 is 2.02. The summed E-state index contributed by atoms with van der Waals surface area (Å²) in [5, 5.41) is 12.8. The van der Waals surface area contributed by atoms with Crippen molar-refractivity contribution in [1.29, 1.82) is 0 Å². The molecule has 0 aliphatic heterocycles. The molecule has 0 saturated carbocycles. The number of nitrogens with zero attached hydrogens (tertiary/aromatic N) is 6. The Morgan fingerprint density at radius 3 is 2.54 bits per heavy atom. The van der Waals surface area contributed by atoms with Gasteiger partial charge in [0, 0.05) is 25.0 Å². The fourth-order valence-corrected chi connectivity index (χ4v) is 2.95. The largest absolute Gasteiger partial charge is 0.508 e. The number of imidazole rings is 1. The average Bonchev–Trinajstić information content (AvgIpc) is 3.14. The van der Waals surface area contributed by atoms with Crippen LogP contribution < -0.4 is 5.32 Å². The van der Waals surface area contributed by atoms with Gasteiger partial charge in [0.05, 0.1) is 11.9 Å². The van der Waals surface area contributed by atoms with Gasteiger partial charge in [0.1, 0.15) is 17.6 Å². The highest BCUT2D eigenvalue weighted by Gasteiger charge is 2.16. The number of phenols is 1. The van der Waals surface area contributed by atoms with Gasteiger partial charge in [-0.3, -0.25) is 0 Å². The molecule has 4 aromatic rings. The maximum absolute atomic E-state index is 9.41. The van der Waals surface area contributed by atoms with Crippen LogP contribution in [0.15, 0.2) is 49.3 Å². The highest BCUT2D eigenvalue weighted by atomic mass is 16.3. The highest BCUT2D eigenvalue weighted by molar-refractivity contribution is 5.85. The van der Waals surface area contributed by atoms with Gasteiger partial charge in [-0.05, 0) is 38.0 Å². The number of nitrogens with one attached hydrogen (secondary N) is 1. The molecular formula is C20H21N7O. The summed E-state index contributed by atoms with van der Waals surface area (Å²) in [6.45, 7) is 4.86. The number of hydrogen-bond acceptors (Lipinski definition) is 7. The summed E-state index contributed by atoms with van der Waals surface area (Å²) in [4.78, 5) is 22.0. The molecule has 0 bridgehead atoms. The molecule has 3 heterocycles. The molecule has 0 amide bonds. The number of rotatable bonds is 6. The van der Waals surface area contributed by atoms with Crippen LogP contribution in [-0.4, -0.2) is 41.1 Å². The lowest BCUT2D eigenvalue weighted by Crippen LogP contribution is -2.09. The zero-order chi connectivity index (χ0) is 19.5. The predicted molar refractivity (Wildman–Crippen MR) is 107 cm³/mol. The lowest BCUT2D eigenvalue weighted by Gasteiger charge is -2.11. The van der Waals surface area contributed by atoms with Crippen molar-refractivity contribution in [3.8, 4) is 17.1 Å². The standard InChI is InChI=1S/C20H21N7O/c1-13(2)27-12-24-17-19(23-8-7-14-3-5-16(28)6-4-14)25-18(26-20(17)27)15-9-21-11-22-10-15/h3-6,9-13,28H,7-8H2,1-2H3,(H,23,25,26). The van der Waals surface area contributed by atoms with Gasteiger partial charge in [-0.2, -0.15) is 0 Å². The summed E-state index contributed by atoms with van der Waals surface area (Å²) in [6.07, 6.45) is 7.47. The van der Waals surface area contributed by atoms with Gasteiger partial charge in [-0.1, -0.05) is 12.1 Å². The smallest absolute Gasteiger partial charge is 0.167 e. The molecule has 1 aromatic carbocycles. The molecule has 8 heteroatoms. The maximum Gasteiger partial charge on any atom is 0.167 e. The third kappa shape index (κ3) is 3.62. The minimum absolute atomic E-state index is 0.226. The zero-order valence-corrected chi connectivity index (χ0v) is 15.7. The number of fused-ring (bicyclic) bond motifs is 1. The van der Waals surface area contributed by atoms with E-state index in [1.165, 1.54) is 6.33 Å². The third-order valence-electron chi connectivity index (χ3n) is 4.44. The topological polar surface area (TPSA) is 102 Å². The van der Waals surface area contributed by atoms with Crippen LogP contribution in [0.4, 0.5) is 5.82 Å². The van der Waals surface area contributed by atoms with E-state index in [9.17, 15) is 5.11 Å². The summed E-state index contributed by atoms with van der Waals surface area (Å²) in [7, 11) is 0. The van der Waals surface area contributed by atoms with Crippen molar-refractivity contribution in [1.82, 2.24) is 29.5 Å². The molecule has 0 radical (unpaired) electrons. The quantitative estimate of drug-likeness (QED) is 0.533. The Balaban J connectivity index is 1.66. The number of aromatic nitrogens is 6. The molecule has 8 nitrogen and oxygen atoms in total. The Bertz CT molecular complexity index is 1080. The number of phenolic OH excluding ortho intramolecular Hbond substituents is 1. The van der Waals surface area contributed by atoms with E-state index >= 15 is 0 Å². The van der Waals surface area contributed by atoms with E-state index < -0.39 is 0 Å². The van der Waals surface area contributed by atoms with E-state index in [0.29, 0.717) is 18.2 Å². The van der Waals surface area contributed by atoms with E-state index in [4.69, 9.17) is 4.98 Å². The van der Waals surface area contributed by atoms with E-state index in [1.807, 2.05) is 16.7 Å². The second kappa shape index (κ2) is 7.59. The number of benzene rings is 1. The maximum atomic E-state index is 9.41. The highest BCUT2D eigenvalue weighted by Crippen LogP contribution is 2.25. The van der Waals surface area contributed by atoms with E-state index in [1.54, 1.807) is 30.9 Å². The molecule has 2 N–H and O–H groups in total. The monoisotopic (exact) mass is 375 g/mol. The van der Waals surface area contributed by atoms with E-state index in [0.717, 1.165) is 28.7 Å². The van der Waals surface area contributed by atoms with Gasteiger partial charge in [-0.15, -0.1) is 0 Å². The zero-order valence-electron chi connectivity index (χ0n) is 15.7. The van der Waals surface area contributed by atoms with Gasteiger partial charge < -0.3 is 15.0 Å². The molecule has 0 aliphatic rings. The van der Waals surface area contributed by atoms with Crippen LogP contribution in [0.5, 0.6) is 5.75 Å². The number of anilines is 1. The molecule has 0 aliphatic carbocycles. The Morgan fingerprint density at radius 1 is 1.07 bits per heavy atom. The first-order valence-electron chi connectivity index (χ1n) is 9.13. The van der Waals surface area contributed by atoms with Crippen molar-refractivity contribution in [2.45, 2.75) is 26.3 Å². The van der Waals surface area contributed by atoms with Crippen LogP contribution in [0.25, 0.3) is 22.6 Å².